The first-order chi connectivity index (χ1) is 4.43. The molecule has 0 spiro atoms. The van der Waals surface area contributed by atoms with Gasteiger partial charge >= 0.3 is 0 Å². The van der Waals surface area contributed by atoms with Crippen molar-refractivity contribution < 1.29 is 0 Å². The summed E-state index contributed by atoms with van der Waals surface area (Å²) in [6.07, 6.45) is 2.29. The van der Waals surface area contributed by atoms with Crippen LogP contribution in [0, 0.1) is 0 Å². The quantitative estimate of drug-likeness (QED) is 0.692. The normalized spacial score (nSPS) is 9.89. The molecule has 0 unspecified atom stereocenters. The predicted octanol–water partition coefficient (Wildman–Crippen LogP) is 2.47. The highest BCUT2D eigenvalue weighted by Crippen LogP contribution is 2.04. The summed E-state index contributed by atoms with van der Waals surface area (Å²) in [6, 6.07) is 0. The van der Waals surface area contributed by atoms with Crippen LogP contribution in [0.15, 0.2) is 10.9 Å². The molecule has 0 aromatic carbocycles. The maximum atomic E-state index is 4.15. The molecule has 0 amide bonds. The van der Waals surface area contributed by atoms with Crippen molar-refractivity contribution in [2.24, 2.45) is 0 Å². The molecule has 0 radical (unpaired) electrons. The van der Waals surface area contributed by atoms with Crippen molar-refractivity contribution in [3.63, 3.8) is 0 Å². The zero-order valence-electron chi connectivity index (χ0n) is 5.01. The Bertz CT molecular complexity index is 150. The van der Waals surface area contributed by atoms with Gasteiger partial charge in [-0.15, -0.1) is 11.3 Å². The van der Waals surface area contributed by atoms with E-state index in [4.69, 9.17) is 0 Å². The molecule has 1 rings (SSSR count). The minimum Gasteiger partial charge on any atom is -0.250 e. The number of nitrogens with zero attached hydrogens (tertiary/aromatic N) is 1. The van der Waals surface area contributed by atoms with E-state index >= 15 is 0 Å². The highest BCUT2D eigenvalue weighted by Gasteiger charge is 1.91. The van der Waals surface area contributed by atoms with Gasteiger partial charge in [0.05, 0.1) is 11.2 Å². The zero-order valence-corrected chi connectivity index (χ0v) is 7.41. The molecule has 0 saturated carbocycles. The summed E-state index contributed by atoms with van der Waals surface area (Å²) in [5, 5.41) is 3.17. The van der Waals surface area contributed by atoms with Crippen molar-refractivity contribution in [2.75, 3.05) is 5.33 Å². The highest BCUT2D eigenvalue weighted by molar-refractivity contribution is 9.09. The largest absolute Gasteiger partial charge is 0.250 e. The molecule has 0 atom stereocenters. The number of halogens is 1. The van der Waals surface area contributed by atoms with Gasteiger partial charge < -0.3 is 0 Å². The summed E-state index contributed by atoms with van der Waals surface area (Å²) in [6.45, 7) is 0. The molecule has 0 saturated heterocycles. The topological polar surface area (TPSA) is 12.9 Å². The van der Waals surface area contributed by atoms with Gasteiger partial charge in [-0.3, -0.25) is 0 Å². The Hall–Kier alpha value is 0.110. The summed E-state index contributed by atoms with van der Waals surface area (Å²) >= 11 is 5.03. The first-order valence-electron chi connectivity index (χ1n) is 2.86. The van der Waals surface area contributed by atoms with Crippen LogP contribution < -0.4 is 0 Å². The van der Waals surface area contributed by atoms with Gasteiger partial charge in [-0.25, -0.2) is 4.98 Å². The SMILES string of the molecule is BrCCCc1cscn1. The van der Waals surface area contributed by atoms with Crippen LogP contribution in [0.1, 0.15) is 12.1 Å². The fourth-order valence-electron chi connectivity index (χ4n) is 0.609. The Morgan fingerprint density at radius 3 is 3.11 bits per heavy atom. The Labute approximate surface area is 67.3 Å². The number of alkyl halides is 1. The van der Waals surface area contributed by atoms with Crippen LogP contribution in [0.4, 0.5) is 0 Å². The van der Waals surface area contributed by atoms with E-state index in [1.807, 2.05) is 5.51 Å². The number of aromatic nitrogens is 1. The summed E-state index contributed by atoms with van der Waals surface area (Å²) in [5.41, 5.74) is 3.10. The second-order valence-corrected chi connectivity index (χ2v) is 3.28. The van der Waals surface area contributed by atoms with Gasteiger partial charge in [0.2, 0.25) is 0 Å². The fraction of sp³-hybridized carbons (Fsp3) is 0.500. The third-order valence-corrected chi connectivity index (χ3v) is 2.25. The molecule has 9 heavy (non-hydrogen) atoms. The van der Waals surface area contributed by atoms with Crippen molar-refractivity contribution in [1.82, 2.24) is 4.98 Å². The van der Waals surface area contributed by atoms with E-state index in [1.165, 1.54) is 12.1 Å². The van der Waals surface area contributed by atoms with Crippen molar-refractivity contribution in [3.05, 3.63) is 16.6 Å². The summed E-state index contributed by atoms with van der Waals surface area (Å²) in [5.74, 6) is 0. The molecular formula is C6H8BrNS. The molecule has 0 aliphatic rings. The standard InChI is InChI=1S/C6H8BrNS/c7-3-1-2-6-4-9-5-8-6/h4-5H,1-3H2. The summed E-state index contributed by atoms with van der Waals surface area (Å²) in [7, 11) is 0. The van der Waals surface area contributed by atoms with Crippen LogP contribution in [0.25, 0.3) is 0 Å². The predicted molar refractivity (Wildman–Crippen MR) is 44.2 cm³/mol. The molecule has 0 N–H and O–H groups in total. The molecule has 1 nitrogen and oxygen atoms in total. The monoisotopic (exact) mass is 205 g/mol. The van der Waals surface area contributed by atoms with Crippen LogP contribution in [0.2, 0.25) is 0 Å². The molecular weight excluding hydrogens is 198 g/mol. The molecule has 0 aliphatic carbocycles. The van der Waals surface area contributed by atoms with Crippen molar-refractivity contribution in [3.8, 4) is 0 Å². The summed E-state index contributed by atoms with van der Waals surface area (Å²) in [4.78, 5) is 4.15. The van der Waals surface area contributed by atoms with Crippen LogP contribution in [-0.2, 0) is 6.42 Å². The van der Waals surface area contributed by atoms with E-state index in [-0.39, 0.29) is 0 Å². The maximum absolute atomic E-state index is 4.15. The fourth-order valence-corrected chi connectivity index (χ4v) is 1.48. The van der Waals surface area contributed by atoms with E-state index in [1.54, 1.807) is 11.3 Å². The lowest BCUT2D eigenvalue weighted by Crippen LogP contribution is -1.83. The minimum atomic E-state index is 1.07. The Morgan fingerprint density at radius 2 is 2.56 bits per heavy atom. The molecule has 50 valence electrons. The van der Waals surface area contributed by atoms with Gasteiger partial charge in [0.15, 0.2) is 0 Å². The molecule has 1 aromatic heterocycles. The Balaban J connectivity index is 2.30. The van der Waals surface area contributed by atoms with Gasteiger partial charge in [-0.1, -0.05) is 15.9 Å². The lowest BCUT2D eigenvalue weighted by atomic mass is 10.3. The molecule has 1 heterocycles. The molecule has 0 fully saturated rings. The number of hydrogen-bond donors (Lipinski definition) is 0. The summed E-state index contributed by atoms with van der Waals surface area (Å²) < 4.78 is 0. The Kier molecular flexibility index (Phi) is 3.22. The molecule has 3 heteroatoms. The Morgan fingerprint density at radius 1 is 1.67 bits per heavy atom. The van der Waals surface area contributed by atoms with Crippen LogP contribution in [0.5, 0.6) is 0 Å². The van der Waals surface area contributed by atoms with E-state index in [0.717, 1.165) is 11.8 Å². The second kappa shape index (κ2) is 4.01. The van der Waals surface area contributed by atoms with Crippen molar-refractivity contribution in [2.45, 2.75) is 12.8 Å². The average molecular weight is 206 g/mol. The van der Waals surface area contributed by atoms with Gasteiger partial charge in [-0.05, 0) is 12.8 Å². The van der Waals surface area contributed by atoms with Crippen LogP contribution in [0.3, 0.4) is 0 Å². The number of rotatable bonds is 3. The zero-order chi connectivity index (χ0) is 6.53. The van der Waals surface area contributed by atoms with Crippen molar-refractivity contribution >= 4 is 27.3 Å². The average Bonchev–Trinajstić information content (AvgIpc) is 2.34. The third-order valence-electron chi connectivity index (χ3n) is 1.05. The number of thiazole rings is 1. The van der Waals surface area contributed by atoms with Crippen LogP contribution in [-0.4, -0.2) is 10.3 Å². The molecule has 0 aliphatic heterocycles. The molecule has 0 bridgehead atoms. The third kappa shape index (κ3) is 2.45. The smallest absolute Gasteiger partial charge is 0.0794 e. The molecule has 1 aromatic rings. The highest BCUT2D eigenvalue weighted by atomic mass is 79.9. The lowest BCUT2D eigenvalue weighted by molar-refractivity contribution is 0.908. The van der Waals surface area contributed by atoms with E-state index in [0.29, 0.717) is 0 Å². The van der Waals surface area contributed by atoms with Gasteiger partial charge in [0, 0.05) is 10.7 Å². The maximum Gasteiger partial charge on any atom is 0.0794 e. The number of aryl methyl sites for hydroxylation is 1. The first-order valence-corrected chi connectivity index (χ1v) is 4.93. The van der Waals surface area contributed by atoms with E-state index in [9.17, 15) is 0 Å². The second-order valence-electron chi connectivity index (χ2n) is 1.77. The first kappa shape index (κ1) is 7.22. The minimum absolute atomic E-state index is 1.07. The van der Waals surface area contributed by atoms with Gasteiger partial charge in [0.25, 0.3) is 0 Å². The number of hydrogen-bond acceptors (Lipinski definition) is 2. The van der Waals surface area contributed by atoms with Gasteiger partial charge in [-0.2, -0.15) is 0 Å². The van der Waals surface area contributed by atoms with Crippen molar-refractivity contribution in [1.29, 1.82) is 0 Å². The van der Waals surface area contributed by atoms with E-state index in [2.05, 4.69) is 26.3 Å². The van der Waals surface area contributed by atoms with Crippen LogP contribution >= 0.6 is 27.3 Å². The lowest BCUT2D eigenvalue weighted by Gasteiger charge is -1.88. The van der Waals surface area contributed by atoms with Gasteiger partial charge in [0.1, 0.15) is 0 Å². The van der Waals surface area contributed by atoms with E-state index < -0.39 is 0 Å².